The highest BCUT2D eigenvalue weighted by Gasteiger charge is 2.20. The quantitative estimate of drug-likeness (QED) is 0.633. The number of benzene rings is 1. The molecule has 1 aliphatic heterocycles. The van der Waals surface area contributed by atoms with Crippen molar-refractivity contribution in [1.82, 2.24) is 5.32 Å². The SMILES string of the molecule is CC#C[C@H]1CNCCN1c1ccc(C(C)=O)cc1. The molecule has 1 saturated heterocycles. The van der Waals surface area contributed by atoms with Gasteiger partial charge in [0, 0.05) is 30.9 Å². The average Bonchev–Trinajstić information content (AvgIpc) is 2.40. The highest BCUT2D eigenvalue weighted by Crippen LogP contribution is 2.19. The zero-order chi connectivity index (χ0) is 13.0. The number of ketones is 1. The largest absolute Gasteiger partial charge is 0.355 e. The summed E-state index contributed by atoms with van der Waals surface area (Å²) in [6.45, 7) is 6.25. The molecule has 3 nitrogen and oxygen atoms in total. The molecular formula is C15H18N2O. The van der Waals surface area contributed by atoms with Crippen molar-refractivity contribution in [2.24, 2.45) is 0 Å². The molecule has 1 heterocycles. The third-order valence-electron chi connectivity index (χ3n) is 3.16. The zero-order valence-corrected chi connectivity index (χ0v) is 10.9. The number of hydrogen-bond acceptors (Lipinski definition) is 3. The number of rotatable bonds is 2. The van der Waals surface area contributed by atoms with Gasteiger partial charge in [-0.05, 0) is 38.1 Å². The predicted octanol–water partition coefficient (Wildman–Crippen LogP) is 1.69. The summed E-state index contributed by atoms with van der Waals surface area (Å²) in [7, 11) is 0. The second-order valence-electron chi connectivity index (χ2n) is 4.41. The first-order valence-electron chi connectivity index (χ1n) is 6.23. The molecule has 2 rings (SSSR count). The number of carbonyl (C=O) groups excluding carboxylic acids is 1. The van der Waals surface area contributed by atoms with Crippen LogP contribution in [-0.2, 0) is 0 Å². The van der Waals surface area contributed by atoms with Gasteiger partial charge in [0.2, 0.25) is 0 Å². The lowest BCUT2D eigenvalue weighted by Crippen LogP contribution is -2.50. The van der Waals surface area contributed by atoms with Gasteiger partial charge in [-0.2, -0.15) is 0 Å². The first-order valence-corrected chi connectivity index (χ1v) is 6.23. The van der Waals surface area contributed by atoms with Gasteiger partial charge in [-0.3, -0.25) is 4.79 Å². The maximum Gasteiger partial charge on any atom is 0.159 e. The highest BCUT2D eigenvalue weighted by atomic mass is 16.1. The summed E-state index contributed by atoms with van der Waals surface area (Å²) >= 11 is 0. The Balaban J connectivity index is 2.22. The minimum atomic E-state index is 0.103. The number of nitrogens with one attached hydrogen (secondary N) is 1. The summed E-state index contributed by atoms with van der Waals surface area (Å²) in [6.07, 6.45) is 0. The Morgan fingerprint density at radius 2 is 2.11 bits per heavy atom. The molecule has 0 aromatic heterocycles. The number of piperazine rings is 1. The molecule has 1 aromatic rings. The van der Waals surface area contributed by atoms with Crippen LogP contribution < -0.4 is 10.2 Å². The molecule has 0 saturated carbocycles. The van der Waals surface area contributed by atoms with E-state index in [4.69, 9.17) is 0 Å². The first-order chi connectivity index (χ1) is 8.72. The molecule has 1 fully saturated rings. The monoisotopic (exact) mass is 242 g/mol. The van der Waals surface area contributed by atoms with E-state index in [0.717, 1.165) is 30.9 Å². The van der Waals surface area contributed by atoms with Crippen molar-refractivity contribution in [2.75, 3.05) is 24.5 Å². The van der Waals surface area contributed by atoms with Crippen LogP contribution in [0, 0.1) is 11.8 Å². The van der Waals surface area contributed by atoms with Crippen LogP contribution in [0.3, 0.4) is 0 Å². The molecule has 0 spiro atoms. The lowest BCUT2D eigenvalue weighted by Gasteiger charge is -2.35. The van der Waals surface area contributed by atoms with Crippen molar-refractivity contribution in [3.05, 3.63) is 29.8 Å². The molecule has 1 N–H and O–H groups in total. The Kier molecular flexibility index (Phi) is 4.01. The summed E-state index contributed by atoms with van der Waals surface area (Å²) in [6, 6.07) is 8.00. The number of nitrogens with zero attached hydrogens (tertiary/aromatic N) is 1. The molecule has 1 aromatic carbocycles. The summed E-state index contributed by atoms with van der Waals surface area (Å²) in [5.74, 6) is 6.30. The van der Waals surface area contributed by atoms with Gasteiger partial charge in [0.25, 0.3) is 0 Å². The van der Waals surface area contributed by atoms with Crippen molar-refractivity contribution >= 4 is 11.5 Å². The van der Waals surface area contributed by atoms with E-state index in [1.54, 1.807) is 6.92 Å². The Hall–Kier alpha value is -1.79. The van der Waals surface area contributed by atoms with Gasteiger partial charge in [-0.25, -0.2) is 0 Å². The second kappa shape index (κ2) is 5.70. The minimum absolute atomic E-state index is 0.103. The first kappa shape index (κ1) is 12.7. The van der Waals surface area contributed by atoms with Crippen LogP contribution >= 0.6 is 0 Å². The van der Waals surface area contributed by atoms with Gasteiger partial charge in [0.1, 0.15) is 6.04 Å². The number of anilines is 1. The molecule has 0 bridgehead atoms. The predicted molar refractivity (Wildman–Crippen MR) is 73.9 cm³/mol. The number of hydrogen-bond donors (Lipinski definition) is 1. The zero-order valence-electron chi connectivity index (χ0n) is 10.9. The van der Waals surface area contributed by atoms with Gasteiger partial charge in [0.15, 0.2) is 5.78 Å². The minimum Gasteiger partial charge on any atom is -0.355 e. The van der Waals surface area contributed by atoms with Crippen LogP contribution in [0.4, 0.5) is 5.69 Å². The Bertz CT molecular complexity index is 481. The van der Waals surface area contributed by atoms with Gasteiger partial charge in [0.05, 0.1) is 0 Å². The topological polar surface area (TPSA) is 32.3 Å². The standard InChI is InChI=1S/C15H18N2O/c1-3-4-15-11-16-9-10-17(15)14-7-5-13(6-8-14)12(2)18/h5-8,15-16H,9-11H2,1-2H3/t15-/m0/s1. The summed E-state index contributed by atoms with van der Waals surface area (Å²) < 4.78 is 0. The molecule has 3 heteroatoms. The summed E-state index contributed by atoms with van der Waals surface area (Å²) in [5, 5.41) is 3.35. The molecule has 0 unspecified atom stereocenters. The molecule has 94 valence electrons. The van der Waals surface area contributed by atoms with Crippen LogP contribution in [0.25, 0.3) is 0 Å². The van der Waals surface area contributed by atoms with Crippen LogP contribution in [0.5, 0.6) is 0 Å². The van der Waals surface area contributed by atoms with E-state index in [-0.39, 0.29) is 11.8 Å². The van der Waals surface area contributed by atoms with E-state index in [2.05, 4.69) is 22.1 Å². The van der Waals surface area contributed by atoms with Crippen molar-refractivity contribution in [3.63, 3.8) is 0 Å². The number of carbonyl (C=O) groups is 1. The fourth-order valence-corrected chi connectivity index (χ4v) is 2.20. The molecule has 0 amide bonds. The molecular weight excluding hydrogens is 224 g/mol. The van der Waals surface area contributed by atoms with Gasteiger partial charge < -0.3 is 10.2 Å². The van der Waals surface area contributed by atoms with E-state index in [0.29, 0.717) is 0 Å². The summed E-state index contributed by atoms with van der Waals surface area (Å²) in [4.78, 5) is 13.5. The Labute approximate surface area is 108 Å². The molecule has 18 heavy (non-hydrogen) atoms. The fraction of sp³-hybridized carbons (Fsp3) is 0.400. The van der Waals surface area contributed by atoms with E-state index >= 15 is 0 Å². The summed E-state index contributed by atoms with van der Waals surface area (Å²) in [5.41, 5.74) is 1.89. The second-order valence-corrected chi connectivity index (χ2v) is 4.41. The van der Waals surface area contributed by atoms with Crippen LogP contribution in [-0.4, -0.2) is 31.5 Å². The molecule has 0 aliphatic carbocycles. The van der Waals surface area contributed by atoms with E-state index in [1.165, 1.54) is 0 Å². The van der Waals surface area contributed by atoms with Crippen molar-refractivity contribution in [1.29, 1.82) is 0 Å². The van der Waals surface area contributed by atoms with Crippen LogP contribution in [0.1, 0.15) is 24.2 Å². The van der Waals surface area contributed by atoms with E-state index < -0.39 is 0 Å². The van der Waals surface area contributed by atoms with Crippen LogP contribution in [0.2, 0.25) is 0 Å². The van der Waals surface area contributed by atoms with Crippen molar-refractivity contribution in [3.8, 4) is 11.8 Å². The average molecular weight is 242 g/mol. The number of Topliss-reactive ketones (excluding diaryl/α,β-unsaturated/α-hetero) is 1. The molecule has 1 aliphatic rings. The van der Waals surface area contributed by atoms with Gasteiger partial charge in [-0.1, -0.05) is 5.92 Å². The third-order valence-corrected chi connectivity index (χ3v) is 3.16. The Morgan fingerprint density at radius 3 is 2.72 bits per heavy atom. The highest BCUT2D eigenvalue weighted by molar-refractivity contribution is 5.94. The Morgan fingerprint density at radius 1 is 1.39 bits per heavy atom. The third kappa shape index (κ3) is 2.72. The lowest BCUT2D eigenvalue weighted by atomic mass is 10.1. The van der Waals surface area contributed by atoms with Crippen molar-refractivity contribution in [2.45, 2.75) is 19.9 Å². The van der Waals surface area contributed by atoms with Crippen molar-refractivity contribution < 1.29 is 4.79 Å². The normalized spacial score (nSPS) is 19.0. The van der Waals surface area contributed by atoms with Gasteiger partial charge >= 0.3 is 0 Å². The molecule has 0 radical (unpaired) electrons. The van der Waals surface area contributed by atoms with Gasteiger partial charge in [-0.15, -0.1) is 5.92 Å². The smallest absolute Gasteiger partial charge is 0.159 e. The lowest BCUT2D eigenvalue weighted by molar-refractivity contribution is 0.101. The van der Waals surface area contributed by atoms with E-state index in [1.807, 2.05) is 31.2 Å². The maximum absolute atomic E-state index is 11.3. The maximum atomic E-state index is 11.3. The van der Waals surface area contributed by atoms with Crippen LogP contribution in [0.15, 0.2) is 24.3 Å². The fourth-order valence-electron chi connectivity index (χ4n) is 2.20. The molecule has 1 atom stereocenters. The van der Waals surface area contributed by atoms with E-state index in [9.17, 15) is 4.79 Å².